The highest BCUT2D eigenvalue weighted by molar-refractivity contribution is 5.92. The van der Waals surface area contributed by atoms with E-state index in [1.165, 1.54) is 0 Å². The van der Waals surface area contributed by atoms with E-state index in [1.807, 2.05) is 0 Å². The minimum atomic E-state index is -0.751. The van der Waals surface area contributed by atoms with E-state index in [9.17, 15) is 14.9 Å². The maximum atomic E-state index is 12.8. The molecular formula is C20H23N3O5. The normalized spacial score (nSPS) is 16.9. The van der Waals surface area contributed by atoms with Crippen molar-refractivity contribution < 1.29 is 23.8 Å². The van der Waals surface area contributed by atoms with Crippen LogP contribution in [0, 0.1) is 11.3 Å². The molecular weight excluding hydrogens is 362 g/mol. The molecule has 2 rings (SSSR count). The molecule has 1 heterocycles. The molecule has 1 unspecified atom stereocenters. The fourth-order valence-electron chi connectivity index (χ4n) is 2.70. The van der Waals surface area contributed by atoms with Crippen molar-refractivity contribution in [3.05, 3.63) is 52.6 Å². The molecule has 8 heteroatoms. The molecule has 1 aromatic rings. The Morgan fingerprint density at radius 1 is 1.25 bits per heavy atom. The molecule has 1 aliphatic heterocycles. The van der Waals surface area contributed by atoms with Gasteiger partial charge in [0.25, 0.3) is 5.91 Å². The molecule has 0 bridgehead atoms. The first-order valence-electron chi connectivity index (χ1n) is 8.56. The Morgan fingerprint density at radius 3 is 2.36 bits per heavy atom. The third kappa shape index (κ3) is 4.82. The molecule has 0 fully saturated rings. The zero-order valence-corrected chi connectivity index (χ0v) is 16.2. The summed E-state index contributed by atoms with van der Waals surface area (Å²) in [5.41, 5.74) is 11.2. The SMILES string of the molecule is CC1=C(C#N)C(c2ccc(OCC(N)=O)cc2)C(C(=O)OC(C)(C)C)=C(N)O1. The van der Waals surface area contributed by atoms with Crippen LogP contribution in [0.2, 0.25) is 0 Å². The zero-order chi connectivity index (χ0) is 21.1. The topological polar surface area (TPSA) is 138 Å². The predicted octanol–water partition coefficient (Wildman–Crippen LogP) is 1.97. The third-order valence-corrected chi connectivity index (χ3v) is 3.82. The van der Waals surface area contributed by atoms with Gasteiger partial charge >= 0.3 is 5.97 Å². The summed E-state index contributed by atoms with van der Waals surface area (Å²) < 4.78 is 16.1. The number of ether oxygens (including phenoxy) is 3. The van der Waals surface area contributed by atoms with Crippen LogP contribution in [0.25, 0.3) is 0 Å². The van der Waals surface area contributed by atoms with Gasteiger partial charge in [0.2, 0.25) is 5.88 Å². The van der Waals surface area contributed by atoms with Gasteiger partial charge < -0.3 is 25.7 Å². The summed E-state index contributed by atoms with van der Waals surface area (Å²) in [6.45, 7) is 6.55. The molecule has 148 valence electrons. The van der Waals surface area contributed by atoms with Crippen molar-refractivity contribution in [2.24, 2.45) is 11.5 Å². The van der Waals surface area contributed by atoms with Crippen LogP contribution in [0.3, 0.4) is 0 Å². The average Bonchev–Trinajstić information content (AvgIpc) is 2.58. The lowest BCUT2D eigenvalue weighted by atomic mass is 9.83. The van der Waals surface area contributed by atoms with Crippen LogP contribution in [0.15, 0.2) is 47.1 Å². The fourth-order valence-corrected chi connectivity index (χ4v) is 2.70. The van der Waals surface area contributed by atoms with Crippen LogP contribution in [0.5, 0.6) is 5.75 Å². The Morgan fingerprint density at radius 2 is 1.86 bits per heavy atom. The lowest BCUT2D eigenvalue weighted by Gasteiger charge is -2.29. The number of nitrogens with two attached hydrogens (primary N) is 2. The van der Waals surface area contributed by atoms with Gasteiger partial charge in [-0.15, -0.1) is 0 Å². The highest BCUT2D eigenvalue weighted by Crippen LogP contribution is 2.40. The van der Waals surface area contributed by atoms with Gasteiger partial charge in [0, 0.05) is 0 Å². The lowest BCUT2D eigenvalue weighted by molar-refractivity contribution is -0.150. The van der Waals surface area contributed by atoms with Crippen molar-refractivity contribution in [3.63, 3.8) is 0 Å². The molecule has 0 spiro atoms. The smallest absolute Gasteiger partial charge is 0.340 e. The second-order valence-electron chi connectivity index (χ2n) is 7.22. The van der Waals surface area contributed by atoms with Crippen molar-refractivity contribution in [1.82, 2.24) is 0 Å². The Hall–Kier alpha value is -3.47. The second kappa shape index (κ2) is 8.05. The van der Waals surface area contributed by atoms with Gasteiger partial charge in [0.1, 0.15) is 22.7 Å². The number of hydrogen-bond acceptors (Lipinski definition) is 7. The Bertz CT molecular complexity index is 886. The number of amides is 1. The summed E-state index contributed by atoms with van der Waals surface area (Å²) in [6.07, 6.45) is 0. The van der Waals surface area contributed by atoms with Gasteiger partial charge in [-0.1, -0.05) is 12.1 Å². The maximum absolute atomic E-state index is 12.8. The third-order valence-electron chi connectivity index (χ3n) is 3.82. The summed E-state index contributed by atoms with van der Waals surface area (Å²) in [7, 11) is 0. The number of nitrogens with zero attached hydrogens (tertiary/aromatic N) is 1. The van der Waals surface area contributed by atoms with Gasteiger partial charge in [-0.3, -0.25) is 4.79 Å². The number of hydrogen-bond donors (Lipinski definition) is 2. The van der Waals surface area contributed by atoms with E-state index in [0.29, 0.717) is 17.1 Å². The van der Waals surface area contributed by atoms with E-state index < -0.39 is 23.4 Å². The van der Waals surface area contributed by atoms with E-state index in [2.05, 4.69) is 6.07 Å². The van der Waals surface area contributed by atoms with E-state index in [1.54, 1.807) is 52.0 Å². The van der Waals surface area contributed by atoms with Crippen molar-refractivity contribution in [3.8, 4) is 11.8 Å². The Balaban J connectivity index is 2.45. The van der Waals surface area contributed by atoms with E-state index >= 15 is 0 Å². The minimum Gasteiger partial charge on any atom is -0.484 e. The second-order valence-corrected chi connectivity index (χ2v) is 7.22. The first kappa shape index (κ1) is 20.8. The predicted molar refractivity (Wildman–Crippen MR) is 100 cm³/mol. The number of carbonyl (C=O) groups excluding carboxylic acids is 2. The lowest BCUT2D eigenvalue weighted by Crippen LogP contribution is -2.31. The summed E-state index contributed by atoms with van der Waals surface area (Å²) in [5, 5.41) is 9.63. The van der Waals surface area contributed by atoms with Crippen molar-refractivity contribution in [1.29, 1.82) is 5.26 Å². The zero-order valence-electron chi connectivity index (χ0n) is 16.2. The number of benzene rings is 1. The molecule has 1 aliphatic rings. The molecule has 28 heavy (non-hydrogen) atoms. The average molecular weight is 385 g/mol. The Labute approximate surface area is 163 Å². The molecule has 8 nitrogen and oxygen atoms in total. The van der Waals surface area contributed by atoms with Gasteiger partial charge in [-0.05, 0) is 45.4 Å². The summed E-state index contributed by atoms with van der Waals surface area (Å²) in [6, 6.07) is 8.66. The van der Waals surface area contributed by atoms with Crippen LogP contribution < -0.4 is 16.2 Å². The number of rotatable bonds is 5. The number of primary amides is 1. The van der Waals surface area contributed by atoms with Gasteiger partial charge in [-0.2, -0.15) is 5.26 Å². The van der Waals surface area contributed by atoms with Crippen LogP contribution in [0.4, 0.5) is 0 Å². The number of nitriles is 1. The summed E-state index contributed by atoms with van der Waals surface area (Å²) >= 11 is 0. The van der Waals surface area contributed by atoms with Crippen molar-refractivity contribution in [2.45, 2.75) is 39.2 Å². The minimum absolute atomic E-state index is 0.0582. The van der Waals surface area contributed by atoms with Crippen LogP contribution in [-0.2, 0) is 19.1 Å². The van der Waals surface area contributed by atoms with Gasteiger partial charge in [0.05, 0.1) is 17.6 Å². The van der Waals surface area contributed by atoms with E-state index in [0.717, 1.165) is 0 Å². The molecule has 4 N–H and O–H groups in total. The molecule has 1 aromatic carbocycles. The van der Waals surface area contributed by atoms with Crippen molar-refractivity contribution >= 4 is 11.9 Å². The van der Waals surface area contributed by atoms with Crippen LogP contribution in [0.1, 0.15) is 39.2 Å². The Kier molecular flexibility index (Phi) is 5.99. The monoisotopic (exact) mass is 385 g/mol. The van der Waals surface area contributed by atoms with Crippen LogP contribution in [-0.4, -0.2) is 24.1 Å². The molecule has 0 saturated carbocycles. The quantitative estimate of drug-likeness (QED) is 0.739. The fraction of sp³-hybridized carbons (Fsp3) is 0.350. The molecule has 0 saturated heterocycles. The molecule has 1 amide bonds. The van der Waals surface area contributed by atoms with E-state index in [-0.39, 0.29) is 23.6 Å². The summed E-state index contributed by atoms with van der Waals surface area (Å²) in [4.78, 5) is 23.6. The van der Waals surface area contributed by atoms with Crippen LogP contribution >= 0.6 is 0 Å². The molecule has 0 aromatic heterocycles. The first-order valence-corrected chi connectivity index (χ1v) is 8.56. The number of allylic oxidation sites excluding steroid dienone is 2. The number of carbonyl (C=O) groups is 2. The standard InChI is InChI=1S/C20H23N3O5/c1-11-14(9-21)16(12-5-7-13(8-6-12)26-10-15(22)24)17(18(23)27-11)19(25)28-20(2,3)4/h5-8,16H,10,23H2,1-4H3,(H2,22,24). The highest BCUT2D eigenvalue weighted by atomic mass is 16.6. The molecule has 0 aliphatic carbocycles. The number of esters is 1. The van der Waals surface area contributed by atoms with Gasteiger partial charge in [0.15, 0.2) is 6.61 Å². The molecule has 1 atom stereocenters. The summed E-state index contributed by atoms with van der Waals surface area (Å²) in [5.74, 6) is -1.38. The maximum Gasteiger partial charge on any atom is 0.340 e. The van der Waals surface area contributed by atoms with Crippen molar-refractivity contribution in [2.75, 3.05) is 6.61 Å². The van der Waals surface area contributed by atoms with E-state index in [4.69, 9.17) is 25.7 Å². The molecule has 0 radical (unpaired) electrons. The largest absolute Gasteiger partial charge is 0.484 e. The first-order chi connectivity index (χ1) is 13.0. The van der Waals surface area contributed by atoms with Gasteiger partial charge in [-0.25, -0.2) is 4.79 Å². The highest BCUT2D eigenvalue weighted by Gasteiger charge is 2.37.